The van der Waals surface area contributed by atoms with E-state index in [0.717, 1.165) is 15.7 Å². The number of halogens is 6. The van der Waals surface area contributed by atoms with Crippen LogP contribution in [-0.4, -0.2) is 72.5 Å². The molecule has 1 aliphatic heterocycles. The SMILES string of the molecule is Cc1ccc(OC(=O)C(O)C(O)C(=O)Oc2ccc(C)cc2)cc1.N[C@@H](CC(=O)N1CCn2c(nnc2C(F)(F)F)C1)Cc1cc(F)c(F)cc1F. The van der Waals surface area contributed by atoms with Gasteiger partial charge in [-0.25, -0.2) is 22.8 Å². The van der Waals surface area contributed by atoms with Gasteiger partial charge in [0, 0.05) is 31.6 Å². The molecule has 0 saturated heterocycles. The number of aliphatic hydroxyl groups excluding tert-OH is 2. The molecule has 0 spiro atoms. The maximum atomic E-state index is 13.7. The Hall–Kier alpha value is -5.33. The van der Waals surface area contributed by atoms with Crippen molar-refractivity contribution in [2.45, 2.75) is 64.2 Å². The van der Waals surface area contributed by atoms with Gasteiger partial charge in [-0.1, -0.05) is 35.4 Å². The van der Waals surface area contributed by atoms with Crippen molar-refractivity contribution in [1.29, 1.82) is 0 Å². The summed E-state index contributed by atoms with van der Waals surface area (Å²) in [5.41, 5.74) is 7.58. The Labute approximate surface area is 292 Å². The number of carbonyl (C=O) groups excluding carboxylic acids is 3. The number of fused-ring (bicyclic) bond motifs is 1. The summed E-state index contributed by atoms with van der Waals surface area (Å²) < 4.78 is 89.1. The third-order valence-electron chi connectivity index (χ3n) is 7.63. The zero-order valence-corrected chi connectivity index (χ0v) is 27.6. The van der Waals surface area contributed by atoms with Gasteiger partial charge in [0.05, 0.1) is 6.54 Å². The Morgan fingerprint density at radius 1 is 0.808 bits per heavy atom. The highest BCUT2D eigenvalue weighted by Crippen LogP contribution is 2.29. The van der Waals surface area contributed by atoms with Crippen LogP contribution in [0.3, 0.4) is 0 Å². The molecule has 5 rings (SSSR count). The second kappa shape index (κ2) is 16.8. The lowest BCUT2D eigenvalue weighted by atomic mass is 10.0. The van der Waals surface area contributed by atoms with Crippen molar-refractivity contribution in [1.82, 2.24) is 19.7 Å². The van der Waals surface area contributed by atoms with Crippen LogP contribution in [0, 0.1) is 31.3 Å². The van der Waals surface area contributed by atoms with E-state index in [9.17, 15) is 50.9 Å². The van der Waals surface area contributed by atoms with Crippen LogP contribution in [-0.2, 0) is 40.1 Å². The normalized spacial score (nSPS) is 14.3. The minimum Gasteiger partial charge on any atom is -0.425 e. The molecule has 0 radical (unpaired) electrons. The highest BCUT2D eigenvalue weighted by molar-refractivity contribution is 5.87. The van der Waals surface area contributed by atoms with Crippen molar-refractivity contribution in [3.8, 4) is 11.5 Å². The molecule has 4 aromatic rings. The number of hydrogen-bond donors (Lipinski definition) is 3. The van der Waals surface area contributed by atoms with Crippen molar-refractivity contribution >= 4 is 17.8 Å². The molecule has 0 aliphatic carbocycles. The molecule has 2 unspecified atom stereocenters. The van der Waals surface area contributed by atoms with Crippen molar-refractivity contribution in [2.75, 3.05) is 6.54 Å². The van der Waals surface area contributed by atoms with E-state index >= 15 is 0 Å². The fourth-order valence-electron chi connectivity index (χ4n) is 4.83. The molecule has 12 nitrogen and oxygen atoms in total. The van der Waals surface area contributed by atoms with Gasteiger partial charge in [-0.2, -0.15) is 13.2 Å². The molecule has 1 amide bonds. The number of ether oxygens (including phenoxy) is 2. The van der Waals surface area contributed by atoms with Gasteiger partial charge < -0.3 is 34.9 Å². The number of hydrogen-bond acceptors (Lipinski definition) is 10. The minimum atomic E-state index is -4.64. The molecule has 1 aromatic heterocycles. The van der Waals surface area contributed by atoms with E-state index in [0.29, 0.717) is 12.1 Å². The molecule has 4 N–H and O–H groups in total. The predicted octanol–water partition coefficient (Wildman–Crippen LogP) is 3.55. The van der Waals surface area contributed by atoms with Crippen molar-refractivity contribution in [3.05, 3.63) is 106 Å². The molecule has 0 fully saturated rings. The number of aromatic nitrogens is 3. The maximum absolute atomic E-state index is 13.7. The first-order valence-corrected chi connectivity index (χ1v) is 15.5. The topological polar surface area (TPSA) is 170 Å². The van der Waals surface area contributed by atoms with E-state index < -0.39 is 65.5 Å². The fourth-order valence-corrected chi connectivity index (χ4v) is 4.83. The lowest BCUT2D eigenvalue weighted by Crippen LogP contribution is -2.43. The number of aliphatic hydroxyl groups is 2. The maximum Gasteiger partial charge on any atom is 0.451 e. The number of nitrogens with zero attached hydrogens (tertiary/aromatic N) is 4. The first kappa shape index (κ1) is 39.5. The first-order valence-electron chi connectivity index (χ1n) is 15.5. The van der Waals surface area contributed by atoms with Gasteiger partial charge >= 0.3 is 18.1 Å². The molecule has 3 aromatic carbocycles. The van der Waals surface area contributed by atoms with E-state index in [1.165, 1.54) is 29.2 Å². The summed E-state index contributed by atoms with van der Waals surface area (Å²) in [6, 6.07) is 13.2. The summed E-state index contributed by atoms with van der Waals surface area (Å²) in [7, 11) is 0. The molecule has 278 valence electrons. The van der Waals surface area contributed by atoms with Crippen LogP contribution in [0.1, 0.15) is 34.8 Å². The monoisotopic (exact) mass is 737 g/mol. The highest BCUT2D eigenvalue weighted by atomic mass is 19.4. The second-order valence-corrected chi connectivity index (χ2v) is 11.8. The molecule has 2 heterocycles. The van der Waals surface area contributed by atoms with Gasteiger partial charge in [-0.05, 0) is 56.2 Å². The second-order valence-electron chi connectivity index (χ2n) is 11.8. The smallest absolute Gasteiger partial charge is 0.425 e. The third kappa shape index (κ3) is 10.4. The summed E-state index contributed by atoms with van der Waals surface area (Å²) in [6.07, 6.45) is -9.21. The number of nitrogens with two attached hydrogens (primary N) is 1. The lowest BCUT2D eigenvalue weighted by Gasteiger charge is -2.29. The van der Waals surface area contributed by atoms with Gasteiger partial charge in [0.25, 0.3) is 0 Å². The Bertz CT molecular complexity index is 1820. The zero-order valence-electron chi connectivity index (χ0n) is 27.6. The number of alkyl halides is 3. The Kier molecular flexibility index (Phi) is 12.7. The Morgan fingerprint density at radius 3 is 1.81 bits per heavy atom. The summed E-state index contributed by atoms with van der Waals surface area (Å²) in [6.45, 7) is 3.43. The molecular weight excluding hydrogens is 704 g/mol. The van der Waals surface area contributed by atoms with E-state index in [1.807, 2.05) is 13.8 Å². The zero-order chi connectivity index (χ0) is 38.3. The summed E-state index contributed by atoms with van der Waals surface area (Å²) in [4.78, 5) is 37.2. The van der Waals surface area contributed by atoms with Crippen molar-refractivity contribution < 1.29 is 60.4 Å². The van der Waals surface area contributed by atoms with Gasteiger partial charge in [0.15, 0.2) is 29.7 Å². The van der Waals surface area contributed by atoms with Crippen LogP contribution in [0.2, 0.25) is 0 Å². The van der Waals surface area contributed by atoms with Crippen LogP contribution < -0.4 is 15.2 Å². The lowest BCUT2D eigenvalue weighted by molar-refractivity contribution is -0.162. The number of amides is 1. The molecule has 0 saturated carbocycles. The fraction of sp³-hybridized carbons (Fsp3) is 0.324. The van der Waals surface area contributed by atoms with Crippen LogP contribution >= 0.6 is 0 Å². The van der Waals surface area contributed by atoms with Gasteiger partial charge in [-0.3, -0.25) is 4.79 Å². The average Bonchev–Trinajstić information content (AvgIpc) is 3.53. The van der Waals surface area contributed by atoms with Crippen LogP contribution in [0.5, 0.6) is 11.5 Å². The van der Waals surface area contributed by atoms with Gasteiger partial charge in [0.1, 0.15) is 17.3 Å². The summed E-state index contributed by atoms with van der Waals surface area (Å²) in [5.74, 6) is -7.04. The van der Waals surface area contributed by atoms with Crippen molar-refractivity contribution in [2.24, 2.45) is 5.73 Å². The van der Waals surface area contributed by atoms with Gasteiger partial charge in [0.2, 0.25) is 11.7 Å². The summed E-state index contributed by atoms with van der Waals surface area (Å²) in [5, 5.41) is 26.1. The number of benzene rings is 3. The van der Waals surface area contributed by atoms with Crippen molar-refractivity contribution in [3.63, 3.8) is 0 Å². The predicted molar refractivity (Wildman–Crippen MR) is 169 cm³/mol. The minimum absolute atomic E-state index is 0.000783. The van der Waals surface area contributed by atoms with E-state index in [4.69, 9.17) is 15.2 Å². The third-order valence-corrected chi connectivity index (χ3v) is 7.63. The number of carbonyl (C=O) groups is 3. The van der Waals surface area contributed by atoms with E-state index in [2.05, 4.69) is 10.2 Å². The molecule has 3 atom stereocenters. The highest BCUT2D eigenvalue weighted by Gasteiger charge is 2.40. The Balaban J connectivity index is 0.000000236. The molecular formula is C34H33F6N5O7. The average molecular weight is 738 g/mol. The number of rotatable bonds is 9. The molecule has 18 heteroatoms. The molecule has 1 aliphatic rings. The summed E-state index contributed by atoms with van der Waals surface area (Å²) >= 11 is 0. The standard InChI is InChI=1S/C18H18O6.C16H15F6N5O/c1-11-3-7-13(8-4-11)23-17(21)15(19)16(20)18(22)24-14-9-5-12(2)6-10-14;17-10-6-12(19)11(18)4-8(10)3-9(23)5-14(28)26-1-2-27-13(7-26)24-25-15(27)16(20,21)22/h3-10,15-16,19-20H,1-2H3;4,6,9H,1-3,5,7,23H2/t;9-/m.1/s1. The van der Waals surface area contributed by atoms with Gasteiger partial charge in [-0.15, -0.1) is 10.2 Å². The van der Waals surface area contributed by atoms with Crippen LogP contribution in [0.15, 0.2) is 60.7 Å². The molecule has 52 heavy (non-hydrogen) atoms. The number of esters is 2. The molecule has 0 bridgehead atoms. The first-order chi connectivity index (χ1) is 24.4. The van der Waals surface area contributed by atoms with Crippen LogP contribution in [0.4, 0.5) is 26.3 Å². The van der Waals surface area contributed by atoms with E-state index in [1.54, 1.807) is 24.3 Å². The van der Waals surface area contributed by atoms with E-state index in [-0.39, 0.29) is 55.4 Å². The quantitative estimate of drug-likeness (QED) is 0.1000. The largest absolute Gasteiger partial charge is 0.451 e. The Morgan fingerprint density at radius 2 is 1.31 bits per heavy atom. The van der Waals surface area contributed by atoms with Crippen LogP contribution in [0.25, 0.3) is 0 Å². The number of aryl methyl sites for hydroxylation is 2.